The fourth-order valence-electron chi connectivity index (χ4n) is 2.68. The molecule has 0 saturated heterocycles. The Morgan fingerprint density at radius 1 is 1.19 bits per heavy atom. The number of carbonyl (C=O) groups excluding carboxylic acids is 2. The molecule has 0 spiro atoms. The van der Waals surface area contributed by atoms with E-state index in [1.807, 2.05) is 19.1 Å². The summed E-state index contributed by atoms with van der Waals surface area (Å²) in [5.74, 6) is -0.174. The van der Waals surface area contributed by atoms with Gasteiger partial charge in [0.05, 0.1) is 5.56 Å². The third-order valence-corrected chi connectivity index (χ3v) is 4.08. The second-order valence-electron chi connectivity index (χ2n) is 5.88. The number of rotatable bonds is 4. The van der Waals surface area contributed by atoms with Gasteiger partial charge < -0.3 is 10.1 Å². The average molecular weight is 289 g/mol. The highest BCUT2D eigenvalue weighted by Crippen LogP contribution is 2.23. The van der Waals surface area contributed by atoms with Crippen LogP contribution in [-0.2, 0) is 9.53 Å². The van der Waals surface area contributed by atoms with Crippen LogP contribution >= 0.6 is 0 Å². The number of hydrogen-bond acceptors (Lipinski definition) is 3. The Kier molecular flexibility index (Phi) is 5.37. The van der Waals surface area contributed by atoms with Gasteiger partial charge in [-0.3, -0.25) is 4.79 Å². The minimum Gasteiger partial charge on any atom is -0.452 e. The van der Waals surface area contributed by atoms with Crippen molar-refractivity contribution in [3.63, 3.8) is 0 Å². The number of ether oxygens (including phenoxy) is 1. The Morgan fingerprint density at radius 3 is 2.52 bits per heavy atom. The summed E-state index contributed by atoms with van der Waals surface area (Å²) in [5, 5.41) is 2.97. The first-order valence-electron chi connectivity index (χ1n) is 7.59. The maximum atomic E-state index is 11.9. The van der Waals surface area contributed by atoms with E-state index in [-0.39, 0.29) is 18.6 Å². The summed E-state index contributed by atoms with van der Waals surface area (Å²) >= 11 is 0. The molecule has 4 heteroatoms. The molecule has 2 rings (SSSR count). The standard InChI is InChI=1S/C17H23NO3/c1-12-7-9-14(10-8-12)17(20)21-11-16(19)18-15-6-4-3-5-13(15)2/h7-10,13,15H,3-6,11H2,1-2H3,(H,18,19)/t13-,15+/m0/s1. The van der Waals surface area contributed by atoms with E-state index in [0.717, 1.165) is 24.8 Å². The van der Waals surface area contributed by atoms with Crippen molar-refractivity contribution in [2.45, 2.75) is 45.6 Å². The number of esters is 1. The lowest BCUT2D eigenvalue weighted by molar-refractivity contribution is -0.125. The first-order valence-corrected chi connectivity index (χ1v) is 7.59. The molecule has 0 radical (unpaired) electrons. The van der Waals surface area contributed by atoms with Gasteiger partial charge in [-0.1, -0.05) is 37.5 Å². The molecule has 0 heterocycles. The van der Waals surface area contributed by atoms with Gasteiger partial charge in [0.25, 0.3) is 5.91 Å². The lowest BCUT2D eigenvalue weighted by Gasteiger charge is -2.29. The van der Waals surface area contributed by atoms with E-state index in [1.165, 1.54) is 6.42 Å². The number of benzene rings is 1. The van der Waals surface area contributed by atoms with Crippen molar-refractivity contribution in [1.82, 2.24) is 5.32 Å². The van der Waals surface area contributed by atoms with Crippen molar-refractivity contribution in [2.24, 2.45) is 5.92 Å². The highest BCUT2D eigenvalue weighted by molar-refractivity contribution is 5.91. The SMILES string of the molecule is Cc1ccc(C(=O)OCC(=O)N[C@@H]2CCCC[C@@H]2C)cc1. The van der Waals surface area contributed by atoms with Gasteiger partial charge >= 0.3 is 5.97 Å². The molecule has 1 aromatic carbocycles. The van der Waals surface area contributed by atoms with E-state index < -0.39 is 5.97 Å². The quantitative estimate of drug-likeness (QED) is 0.867. The molecule has 0 aliphatic heterocycles. The smallest absolute Gasteiger partial charge is 0.338 e. The van der Waals surface area contributed by atoms with E-state index in [2.05, 4.69) is 12.2 Å². The van der Waals surface area contributed by atoms with Crippen molar-refractivity contribution >= 4 is 11.9 Å². The van der Waals surface area contributed by atoms with Gasteiger partial charge in [-0.05, 0) is 37.8 Å². The van der Waals surface area contributed by atoms with Crippen molar-refractivity contribution in [1.29, 1.82) is 0 Å². The molecule has 1 aliphatic carbocycles. The van der Waals surface area contributed by atoms with Gasteiger partial charge in [-0.15, -0.1) is 0 Å². The Labute approximate surface area is 125 Å². The summed E-state index contributed by atoms with van der Waals surface area (Å²) in [7, 11) is 0. The number of amides is 1. The van der Waals surface area contributed by atoms with Crippen LogP contribution in [0.5, 0.6) is 0 Å². The van der Waals surface area contributed by atoms with E-state index in [0.29, 0.717) is 11.5 Å². The number of hydrogen-bond donors (Lipinski definition) is 1. The molecule has 1 amide bonds. The number of aryl methyl sites for hydroxylation is 1. The van der Waals surface area contributed by atoms with Crippen LogP contribution in [0.2, 0.25) is 0 Å². The minimum absolute atomic E-state index is 0.212. The summed E-state index contributed by atoms with van der Waals surface area (Å²) in [5.41, 5.74) is 1.55. The van der Waals surface area contributed by atoms with Crippen LogP contribution in [0, 0.1) is 12.8 Å². The molecule has 21 heavy (non-hydrogen) atoms. The zero-order chi connectivity index (χ0) is 15.2. The van der Waals surface area contributed by atoms with Crippen LogP contribution in [0.4, 0.5) is 0 Å². The fraction of sp³-hybridized carbons (Fsp3) is 0.529. The third-order valence-electron chi connectivity index (χ3n) is 4.08. The average Bonchev–Trinajstić information content (AvgIpc) is 2.48. The lowest BCUT2D eigenvalue weighted by Crippen LogP contribution is -2.42. The number of nitrogens with one attached hydrogen (secondary N) is 1. The Bertz CT molecular complexity index is 495. The predicted octanol–water partition coefficient (Wildman–Crippen LogP) is 2.85. The number of carbonyl (C=O) groups is 2. The molecule has 1 saturated carbocycles. The monoisotopic (exact) mass is 289 g/mol. The van der Waals surface area contributed by atoms with E-state index in [1.54, 1.807) is 12.1 Å². The van der Waals surface area contributed by atoms with Gasteiger partial charge in [0.2, 0.25) is 0 Å². The molecule has 114 valence electrons. The molecule has 0 unspecified atom stereocenters. The van der Waals surface area contributed by atoms with Crippen molar-refractivity contribution in [3.8, 4) is 0 Å². The summed E-state index contributed by atoms with van der Waals surface area (Å²) in [4.78, 5) is 23.7. The third kappa shape index (κ3) is 4.59. The maximum absolute atomic E-state index is 11.9. The highest BCUT2D eigenvalue weighted by Gasteiger charge is 2.23. The van der Waals surface area contributed by atoms with Crippen LogP contribution in [0.3, 0.4) is 0 Å². The zero-order valence-corrected chi connectivity index (χ0v) is 12.7. The van der Waals surface area contributed by atoms with E-state index in [4.69, 9.17) is 4.74 Å². The van der Waals surface area contributed by atoms with Crippen LogP contribution in [0.25, 0.3) is 0 Å². The first kappa shape index (κ1) is 15.5. The summed E-state index contributed by atoms with van der Waals surface area (Å²) < 4.78 is 5.06. The Hall–Kier alpha value is -1.84. The van der Waals surface area contributed by atoms with Crippen molar-refractivity contribution in [3.05, 3.63) is 35.4 Å². The van der Waals surface area contributed by atoms with Crippen molar-refractivity contribution in [2.75, 3.05) is 6.61 Å². The topological polar surface area (TPSA) is 55.4 Å². The highest BCUT2D eigenvalue weighted by atomic mass is 16.5. The lowest BCUT2D eigenvalue weighted by atomic mass is 9.86. The molecule has 0 bridgehead atoms. The molecule has 1 aromatic rings. The van der Waals surface area contributed by atoms with Crippen LogP contribution in [-0.4, -0.2) is 24.5 Å². The van der Waals surface area contributed by atoms with Crippen LogP contribution in [0.1, 0.15) is 48.5 Å². The van der Waals surface area contributed by atoms with Crippen molar-refractivity contribution < 1.29 is 14.3 Å². The van der Waals surface area contributed by atoms with Crippen LogP contribution < -0.4 is 5.32 Å². The summed E-state index contributed by atoms with van der Waals surface area (Å²) in [6.07, 6.45) is 4.54. The predicted molar refractivity (Wildman–Crippen MR) is 81.0 cm³/mol. The fourth-order valence-corrected chi connectivity index (χ4v) is 2.68. The second kappa shape index (κ2) is 7.25. The Morgan fingerprint density at radius 2 is 1.86 bits per heavy atom. The second-order valence-corrected chi connectivity index (χ2v) is 5.88. The zero-order valence-electron chi connectivity index (χ0n) is 12.7. The molecule has 1 N–H and O–H groups in total. The van der Waals surface area contributed by atoms with Gasteiger partial charge in [0.15, 0.2) is 6.61 Å². The molecule has 1 aliphatic rings. The molecule has 4 nitrogen and oxygen atoms in total. The normalized spacial score (nSPS) is 21.6. The molecular weight excluding hydrogens is 266 g/mol. The summed E-state index contributed by atoms with van der Waals surface area (Å²) in [6.45, 7) is 3.90. The van der Waals surface area contributed by atoms with Gasteiger partial charge in [0.1, 0.15) is 0 Å². The molecular formula is C17H23NO3. The Balaban J connectivity index is 1.78. The molecule has 0 aromatic heterocycles. The minimum atomic E-state index is -0.457. The van der Waals surface area contributed by atoms with Crippen LogP contribution in [0.15, 0.2) is 24.3 Å². The molecule has 1 fully saturated rings. The largest absolute Gasteiger partial charge is 0.452 e. The maximum Gasteiger partial charge on any atom is 0.338 e. The van der Waals surface area contributed by atoms with Gasteiger partial charge in [0, 0.05) is 6.04 Å². The molecule has 2 atom stereocenters. The van der Waals surface area contributed by atoms with Gasteiger partial charge in [-0.25, -0.2) is 4.79 Å². The van der Waals surface area contributed by atoms with E-state index >= 15 is 0 Å². The van der Waals surface area contributed by atoms with Gasteiger partial charge in [-0.2, -0.15) is 0 Å². The first-order chi connectivity index (χ1) is 10.1. The van der Waals surface area contributed by atoms with E-state index in [9.17, 15) is 9.59 Å². The summed E-state index contributed by atoms with van der Waals surface area (Å²) in [6, 6.07) is 7.32.